The van der Waals surface area contributed by atoms with E-state index in [1.54, 1.807) is 6.20 Å². The SMILES string of the molecule is O=C(c1ccc(N2CCCCC2)nc1)N1CCCCC1. The molecule has 0 unspecified atom stereocenters. The molecule has 0 bridgehead atoms. The molecule has 1 aromatic rings. The van der Waals surface area contributed by atoms with Crippen LogP contribution in [0.3, 0.4) is 0 Å². The van der Waals surface area contributed by atoms with Gasteiger partial charge < -0.3 is 9.80 Å². The van der Waals surface area contributed by atoms with E-state index in [1.807, 2.05) is 17.0 Å². The van der Waals surface area contributed by atoms with Crippen molar-refractivity contribution in [2.75, 3.05) is 31.1 Å². The third kappa shape index (κ3) is 2.94. The molecular weight excluding hydrogens is 250 g/mol. The number of anilines is 1. The summed E-state index contributed by atoms with van der Waals surface area (Å²) in [4.78, 5) is 21.1. The predicted octanol–water partition coefficient (Wildman–Crippen LogP) is 2.70. The molecular formula is C16H23N3O. The quantitative estimate of drug-likeness (QED) is 0.831. The van der Waals surface area contributed by atoms with Crippen molar-refractivity contribution in [3.05, 3.63) is 23.9 Å². The molecule has 1 amide bonds. The molecule has 108 valence electrons. The van der Waals surface area contributed by atoms with Crippen LogP contribution in [0.1, 0.15) is 48.9 Å². The molecule has 0 aliphatic carbocycles. The van der Waals surface area contributed by atoms with Gasteiger partial charge in [-0.1, -0.05) is 0 Å². The topological polar surface area (TPSA) is 36.4 Å². The van der Waals surface area contributed by atoms with Gasteiger partial charge in [-0.05, 0) is 50.7 Å². The molecule has 3 heterocycles. The first kappa shape index (κ1) is 13.4. The minimum atomic E-state index is 0.141. The highest BCUT2D eigenvalue weighted by Crippen LogP contribution is 2.19. The summed E-state index contributed by atoms with van der Waals surface area (Å²) in [6, 6.07) is 3.94. The summed E-state index contributed by atoms with van der Waals surface area (Å²) >= 11 is 0. The van der Waals surface area contributed by atoms with Crippen LogP contribution in [0.15, 0.2) is 18.3 Å². The summed E-state index contributed by atoms with van der Waals surface area (Å²) in [7, 11) is 0. The molecule has 4 nitrogen and oxygen atoms in total. The van der Waals surface area contributed by atoms with E-state index < -0.39 is 0 Å². The Hall–Kier alpha value is -1.58. The average Bonchev–Trinajstić information content (AvgIpc) is 2.56. The fraction of sp³-hybridized carbons (Fsp3) is 0.625. The number of hydrogen-bond donors (Lipinski definition) is 0. The van der Waals surface area contributed by atoms with Gasteiger partial charge in [0.25, 0.3) is 5.91 Å². The van der Waals surface area contributed by atoms with E-state index in [9.17, 15) is 4.79 Å². The van der Waals surface area contributed by atoms with Crippen molar-refractivity contribution in [2.45, 2.75) is 38.5 Å². The number of aromatic nitrogens is 1. The predicted molar refractivity (Wildman–Crippen MR) is 80.1 cm³/mol. The summed E-state index contributed by atoms with van der Waals surface area (Å²) in [5.74, 6) is 1.15. The minimum absolute atomic E-state index is 0.141. The van der Waals surface area contributed by atoms with Crippen molar-refractivity contribution in [1.82, 2.24) is 9.88 Å². The van der Waals surface area contributed by atoms with Crippen molar-refractivity contribution in [3.8, 4) is 0 Å². The number of nitrogens with zero attached hydrogens (tertiary/aromatic N) is 3. The van der Waals surface area contributed by atoms with E-state index in [1.165, 1.54) is 25.7 Å². The molecule has 0 aromatic carbocycles. The van der Waals surface area contributed by atoms with E-state index in [0.717, 1.165) is 50.4 Å². The van der Waals surface area contributed by atoms with Gasteiger partial charge in [-0.25, -0.2) is 4.98 Å². The number of rotatable bonds is 2. The van der Waals surface area contributed by atoms with Gasteiger partial charge in [0.2, 0.25) is 0 Å². The summed E-state index contributed by atoms with van der Waals surface area (Å²) in [6.07, 6.45) is 9.07. The Morgan fingerprint density at radius 2 is 1.55 bits per heavy atom. The third-order valence-corrected chi connectivity index (χ3v) is 4.32. The van der Waals surface area contributed by atoms with Crippen molar-refractivity contribution >= 4 is 11.7 Å². The van der Waals surface area contributed by atoms with Gasteiger partial charge in [-0.15, -0.1) is 0 Å². The van der Waals surface area contributed by atoms with Crippen LogP contribution in [0.4, 0.5) is 5.82 Å². The molecule has 0 radical (unpaired) electrons. The molecule has 20 heavy (non-hydrogen) atoms. The lowest BCUT2D eigenvalue weighted by atomic mass is 10.1. The summed E-state index contributed by atoms with van der Waals surface area (Å²) in [5, 5.41) is 0. The monoisotopic (exact) mass is 273 g/mol. The highest BCUT2D eigenvalue weighted by atomic mass is 16.2. The molecule has 2 fully saturated rings. The zero-order valence-corrected chi connectivity index (χ0v) is 12.1. The van der Waals surface area contributed by atoms with Crippen LogP contribution in [0, 0.1) is 0 Å². The number of amides is 1. The number of carbonyl (C=O) groups is 1. The number of likely N-dealkylation sites (tertiary alicyclic amines) is 1. The Bertz CT molecular complexity index is 445. The molecule has 2 aliphatic rings. The van der Waals surface area contributed by atoms with Crippen molar-refractivity contribution in [1.29, 1.82) is 0 Å². The van der Waals surface area contributed by atoms with Crippen LogP contribution in [0.5, 0.6) is 0 Å². The molecule has 0 N–H and O–H groups in total. The smallest absolute Gasteiger partial charge is 0.255 e. The Kier molecular flexibility index (Phi) is 4.19. The van der Waals surface area contributed by atoms with Gasteiger partial charge in [-0.3, -0.25) is 4.79 Å². The first-order valence-corrected chi connectivity index (χ1v) is 7.85. The molecule has 3 rings (SSSR count). The fourth-order valence-electron chi connectivity index (χ4n) is 3.10. The fourth-order valence-corrected chi connectivity index (χ4v) is 3.10. The van der Waals surface area contributed by atoms with E-state index in [2.05, 4.69) is 9.88 Å². The van der Waals surface area contributed by atoms with E-state index >= 15 is 0 Å². The van der Waals surface area contributed by atoms with Crippen LogP contribution >= 0.6 is 0 Å². The Labute approximate surface area is 120 Å². The molecule has 0 atom stereocenters. The maximum Gasteiger partial charge on any atom is 0.255 e. The van der Waals surface area contributed by atoms with Crippen molar-refractivity contribution in [3.63, 3.8) is 0 Å². The maximum atomic E-state index is 12.4. The maximum absolute atomic E-state index is 12.4. The van der Waals surface area contributed by atoms with E-state index in [0.29, 0.717) is 0 Å². The van der Waals surface area contributed by atoms with Gasteiger partial charge in [0, 0.05) is 32.4 Å². The molecule has 2 aliphatic heterocycles. The van der Waals surface area contributed by atoms with E-state index in [-0.39, 0.29) is 5.91 Å². The van der Waals surface area contributed by atoms with Crippen molar-refractivity contribution < 1.29 is 4.79 Å². The minimum Gasteiger partial charge on any atom is -0.357 e. The zero-order valence-electron chi connectivity index (χ0n) is 12.1. The Balaban J connectivity index is 1.67. The first-order chi connectivity index (χ1) is 9.84. The lowest BCUT2D eigenvalue weighted by molar-refractivity contribution is 0.0724. The van der Waals surface area contributed by atoms with Crippen molar-refractivity contribution in [2.24, 2.45) is 0 Å². The second-order valence-corrected chi connectivity index (χ2v) is 5.81. The van der Waals surface area contributed by atoms with Gasteiger partial charge in [0.15, 0.2) is 0 Å². The Morgan fingerprint density at radius 1 is 0.900 bits per heavy atom. The van der Waals surface area contributed by atoms with Crippen LogP contribution in [-0.4, -0.2) is 42.0 Å². The number of pyridine rings is 1. The lowest BCUT2D eigenvalue weighted by Gasteiger charge is -2.28. The van der Waals surface area contributed by atoms with Crippen LogP contribution in [0.25, 0.3) is 0 Å². The first-order valence-electron chi connectivity index (χ1n) is 7.85. The van der Waals surface area contributed by atoms with Crippen LogP contribution < -0.4 is 4.90 Å². The average molecular weight is 273 g/mol. The number of carbonyl (C=O) groups excluding carboxylic acids is 1. The highest BCUT2D eigenvalue weighted by molar-refractivity contribution is 5.94. The van der Waals surface area contributed by atoms with Gasteiger partial charge in [0.1, 0.15) is 5.82 Å². The van der Waals surface area contributed by atoms with E-state index in [4.69, 9.17) is 0 Å². The standard InChI is InChI=1S/C16H23N3O/c20-16(19-11-5-2-6-12-19)14-7-8-15(17-13-14)18-9-3-1-4-10-18/h7-8,13H,1-6,9-12H2. The highest BCUT2D eigenvalue weighted by Gasteiger charge is 2.19. The molecule has 1 aromatic heterocycles. The Morgan fingerprint density at radius 3 is 2.15 bits per heavy atom. The van der Waals surface area contributed by atoms with Gasteiger partial charge >= 0.3 is 0 Å². The summed E-state index contributed by atoms with van der Waals surface area (Å²) in [6.45, 7) is 3.97. The second kappa shape index (κ2) is 6.25. The van der Waals surface area contributed by atoms with Crippen LogP contribution in [-0.2, 0) is 0 Å². The molecule has 0 saturated carbocycles. The summed E-state index contributed by atoms with van der Waals surface area (Å²) in [5.41, 5.74) is 0.729. The summed E-state index contributed by atoms with van der Waals surface area (Å²) < 4.78 is 0. The largest absolute Gasteiger partial charge is 0.357 e. The van der Waals surface area contributed by atoms with Gasteiger partial charge in [-0.2, -0.15) is 0 Å². The lowest BCUT2D eigenvalue weighted by Crippen LogP contribution is -2.35. The molecule has 2 saturated heterocycles. The third-order valence-electron chi connectivity index (χ3n) is 4.32. The van der Waals surface area contributed by atoms with Crippen LogP contribution in [0.2, 0.25) is 0 Å². The zero-order chi connectivity index (χ0) is 13.8. The number of hydrogen-bond acceptors (Lipinski definition) is 3. The normalized spacial score (nSPS) is 20.0. The molecule has 4 heteroatoms. The molecule has 0 spiro atoms. The van der Waals surface area contributed by atoms with Gasteiger partial charge in [0.05, 0.1) is 5.56 Å². The number of piperidine rings is 2. The second-order valence-electron chi connectivity index (χ2n) is 5.81.